The second-order valence-electron chi connectivity index (χ2n) is 3.69. The summed E-state index contributed by atoms with van der Waals surface area (Å²) in [7, 11) is 0. The number of hydrogen-bond donors (Lipinski definition) is 4. The van der Waals surface area contributed by atoms with Crippen molar-refractivity contribution in [3.8, 4) is 18.1 Å². The fraction of sp³-hybridized carbons (Fsp3) is 0.333. The summed E-state index contributed by atoms with van der Waals surface area (Å²) in [6.07, 6.45) is 7.65. The van der Waals surface area contributed by atoms with Gasteiger partial charge in [-0.15, -0.1) is 17.8 Å². The molecule has 0 saturated heterocycles. The number of phenolic OH excluding ortho intramolecular Hbond substituents is 1. The van der Waals surface area contributed by atoms with Crippen LogP contribution in [0.2, 0.25) is 0 Å². The maximum Gasteiger partial charge on any atom is 0.198 e. The highest BCUT2D eigenvalue weighted by Gasteiger charge is 2.24. The molecule has 1 rings (SSSR count). The molecular weight excluding hydrogens is 236 g/mol. The summed E-state index contributed by atoms with van der Waals surface area (Å²) < 4.78 is -0.712. The predicted molar refractivity (Wildman–Crippen MR) is 71.4 cm³/mol. The van der Waals surface area contributed by atoms with Gasteiger partial charge in [-0.3, -0.25) is 0 Å². The van der Waals surface area contributed by atoms with E-state index >= 15 is 0 Å². The van der Waals surface area contributed by atoms with Gasteiger partial charge >= 0.3 is 0 Å². The van der Waals surface area contributed by atoms with Crippen molar-refractivity contribution in [3.05, 3.63) is 24.3 Å². The van der Waals surface area contributed by atoms with Crippen LogP contribution in [0.3, 0.4) is 0 Å². The standard InChI is InChI=1S/C12H16N2O2S/c1-2-3-4-5-10-13-14(16,17)11-6-8-12(15)9-7-11/h1,6-9,13,16-17H,3-5,10H2/p+1. The fourth-order valence-corrected chi connectivity index (χ4v) is 1.57. The third-order valence-electron chi connectivity index (χ3n) is 2.29. The summed E-state index contributed by atoms with van der Waals surface area (Å²) in [6, 6.07) is 6.18. The molecule has 0 heterocycles. The van der Waals surface area contributed by atoms with E-state index in [0.29, 0.717) is 12.2 Å². The molecule has 0 amide bonds. The second kappa shape index (κ2) is 6.52. The molecular formula is C12H17N2O2S+. The first-order valence-electron chi connectivity index (χ1n) is 5.39. The Hall–Kier alpha value is -1.19. The normalized spacial score (nSPS) is 13.9. The Morgan fingerprint density at radius 1 is 1.29 bits per heavy atom. The number of quaternary nitrogens is 1. The van der Waals surface area contributed by atoms with Gasteiger partial charge in [0.05, 0.1) is 0 Å². The molecule has 0 fully saturated rings. The number of benzene rings is 1. The topological polar surface area (TPSA) is 52.5 Å². The van der Waals surface area contributed by atoms with Crippen molar-refractivity contribution in [3.63, 3.8) is 0 Å². The summed E-state index contributed by atoms with van der Waals surface area (Å²) in [5.41, 5.74) is 3.39. The molecule has 0 spiro atoms. The highest BCUT2D eigenvalue weighted by Crippen LogP contribution is 2.23. The maximum atomic E-state index is 10.0. The van der Waals surface area contributed by atoms with E-state index in [-0.39, 0.29) is 5.75 Å². The van der Waals surface area contributed by atoms with Gasteiger partial charge in [-0.1, -0.05) is 0 Å². The van der Waals surface area contributed by atoms with Crippen LogP contribution in [-0.4, -0.2) is 16.9 Å². The van der Waals surface area contributed by atoms with Crippen LogP contribution < -0.4 is 9.59 Å². The lowest BCUT2D eigenvalue weighted by Crippen LogP contribution is -2.49. The van der Waals surface area contributed by atoms with E-state index in [2.05, 4.69) is 24.2 Å². The second-order valence-corrected chi connectivity index (χ2v) is 4.27. The van der Waals surface area contributed by atoms with Crippen LogP contribution in [0.4, 0.5) is 5.69 Å². The molecule has 5 heteroatoms. The van der Waals surface area contributed by atoms with Crippen LogP contribution in [-0.2, 0) is 0 Å². The van der Waals surface area contributed by atoms with Crippen LogP contribution in [0, 0.1) is 12.3 Å². The van der Waals surface area contributed by atoms with Crippen molar-refractivity contribution in [2.24, 2.45) is 0 Å². The number of terminal acetylenes is 1. The van der Waals surface area contributed by atoms with Gasteiger partial charge in [0, 0.05) is 25.1 Å². The summed E-state index contributed by atoms with van der Waals surface area (Å²) >= 11 is 4.10. The molecule has 1 atom stereocenters. The van der Waals surface area contributed by atoms with Crippen LogP contribution in [0.1, 0.15) is 19.3 Å². The molecule has 3 N–H and O–H groups in total. The zero-order chi connectivity index (χ0) is 12.7. The molecule has 4 nitrogen and oxygen atoms in total. The van der Waals surface area contributed by atoms with Crippen LogP contribution in [0.5, 0.6) is 5.75 Å². The van der Waals surface area contributed by atoms with Crippen molar-refractivity contribution < 1.29 is 10.3 Å². The molecule has 0 radical (unpaired) electrons. The predicted octanol–water partition coefficient (Wildman–Crippen LogP) is 2.24. The minimum atomic E-state index is -0.712. The molecule has 1 aromatic carbocycles. The number of rotatable bonds is 6. The first-order valence-corrected chi connectivity index (χ1v) is 5.79. The van der Waals surface area contributed by atoms with Gasteiger partial charge < -0.3 is 5.11 Å². The molecule has 1 unspecified atom stereocenters. The first-order chi connectivity index (χ1) is 8.06. The number of nitrogens with zero attached hydrogens (tertiary/aromatic N) is 1. The summed E-state index contributed by atoms with van der Waals surface area (Å²) in [5, 5.41) is 19.1. The quantitative estimate of drug-likeness (QED) is 0.207. The van der Waals surface area contributed by atoms with E-state index in [9.17, 15) is 5.21 Å². The Morgan fingerprint density at radius 2 is 1.94 bits per heavy atom. The Labute approximate surface area is 107 Å². The molecule has 17 heavy (non-hydrogen) atoms. The largest absolute Gasteiger partial charge is 0.508 e. The minimum absolute atomic E-state index is 0.149. The van der Waals surface area contributed by atoms with E-state index in [1.54, 1.807) is 12.1 Å². The van der Waals surface area contributed by atoms with Gasteiger partial charge in [0.15, 0.2) is 5.69 Å². The number of nitrogens with one attached hydrogen (secondary N) is 1. The molecule has 0 aliphatic carbocycles. The number of thiol groups is 1. The summed E-state index contributed by atoms with van der Waals surface area (Å²) in [4.78, 5) is 0. The van der Waals surface area contributed by atoms with Gasteiger partial charge in [-0.05, 0) is 29.1 Å². The smallest absolute Gasteiger partial charge is 0.198 e. The SMILES string of the molecule is C#CCCCCN[N+](O)(S)c1ccc(O)cc1. The zero-order valence-electron chi connectivity index (χ0n) is 9.50. The summed E-state index contributed by atoms with van der Waals surface area (Å²) in [5.74, 6) is 2.71. The number of hydrogen-bond acceptors (Lipinski definition) is 4. The molecule has 92 valence electrons. The van der Waals surface area contributed by atoms with Crippen LogP contribution in [0.25, 0.3) is 0 Å². The molecule has 0 bridgehead atoms. The van der Waals surface area contributed by atoms with Gasteiger partial charge in [-0.2, -0.15) is 5.21 Å². The van der Waals surface area contributed by atoms with E-state index in [4.69, 9.17) is 11.5 Å². The number of phenols is 1. The van der Waals surface area contributed by atoms with E-state index in [1.807, 2.05) is 0 Å². The molecule has 0 aliphatic heterocycles. The van der Waals surface area contributed by atoms with Gasteiger partial charge in [-0.25, -0.2) is 0 Å². The lowest BCUT2D eigenvalue weighted by Gasteiger charge is -2.21. The van der Waals surface area contributed by atoms with Gasteiger partial charge in [0.2, 0.25) is 0 Å². The Kier molecular flexibility index (Phi) is 5.32. The van der Waals surface area contributed by atoms with Crippen LogP contribution >= 0.6 is 12.8 Å². The van der Waals surface area contributed by atoms with Gasteiger partial charge in [0.25, 0.3) is 0 Å². The molecule has 0 aromatic heterocycles. The first kappa shape index (κ1) is 13.9. The Morgan fingerprint density at radius 3 is 2.53 bits per heavy atom. The van der Waals surface area contributed by atoms with E-state index in [1.165, 1.54) is 12.1 Å². The van der Waals surface area contributed by atoms with Crippen molar-refractivity contribution >= 4 is 18.5 Å². The Bertz CT molecular complexity index is 384. The highest BCUT2D eigenvalue weighted by atomic mass is 32.1. The molecule has 0 aliphatic rings. The lowest BCUT2D eigenvalue weighted by molar-refractivity contribution is -0.0209. The molecule has 1 aromatic rings. The third kappa shape index (κ3) is 4.67. The average Bonchev–Trinajstić information content (AvgIpc) is 2.29. The van der Waals surface area contributed by atoms with Crippen molar-refractivity contribution in [1.29, 1.82) is 0 Å². The van der Waals surface area contributed by atoms with Crippen LogP contribution in [0.15, 0.2) is 24.3 Å². The summed E-state index contributed by atoms with van der Waals surface area (Å²) in [6.45, 7) is 0.600. The highest BCUT2D eigenvalue weighted by molar-refractivity contribution is 7.79. The van der Waals surface area contributed by atoms with E-state index < -0.39 is 4.16 Å². The number of aromatic hydroxyl groups is 1. The third-order valence-corrected chi connectivity index (χ3v) is 2.66. The maximum absolute atomic E-state index is 10.0. The van der Waals surface area contributed by atoms with Crippen molar-refractivity contribution in [2.75, 3.05) is 6.54 Å². The van der Waals surface area contributed by atoms with Gasteiger partial charge in [0.1, 0.15) is 18.6 Å². The van der Waals surface area contributed by atoms with Crippen molar-refractivity contribution in [2.45, 2.75) is 19.3 Å². The average molecular weight is 253 g/mol. The van der Waals surface area contributed by atoms with Crippen molar-refractivity contribution in [1.82, 2.24) is 9.59 Å². The lowest BCUT2D eigenvalue weighted by atomic mass is 10.2. The molecule has 0 saturated carbocycles. The van der Waals surface area contributed by atoms with E-state index in [0.717, 1.165) is 19.3 Å². The fourth-order valence-electron chi connectivity index (χ4n) is 1.34. The monoisotopic (exact) mass is 253 g/mol. The zero-order valence-corrected chi connectivity index (χ0v) is 10.4. The Balaban J connectivity index is 2.45. The number of unbranched alkanes of at least 4 members (excludes halogenated alkanes) is 2. The minimum Gasteiger partial charge on any atom is -0.508 e.